The first-order valence-electron chi connectivity index (χ1n) is 5.88. The Hall–Kier alpha value is -1.51. The number of aryl methyl sites for hydroxylation is 2. The Kier molecular flexibility index (Phi) is 5.01. The summed E-state index contributed by atoms with van der Waals surface area (Å²) in [5.74, 6) is 0.724. The second-order valence-corrected chi connectivity index (χ2v) is 4.00. The van der Waals surface area contributed by atoms with Gasteiger partial charge in [-0.05, 0) is 43.9 Å². The van der Waals surface area contributed by atoms with E-state index in [2.05, 4.69) is 6.07 Å². The summed E-state index contributed by atoms with van der Waals surface area (Å²) in [6.07, 6.45) is 1.05. The summed E-state index contributed by atoms with van der Waals surface area (Å²) < 4.78 is 10.3. The van der Waals surface area contributed by atoms with Crippen molar-refractivity contribution in [3.05, 3.63) is 28.8 Å². The fourth-order valence-corrected chi connectivity index (χ4v) is 1.80. The molecule has 0 N–H and O–H groups in total. The maximum absolute atomic E-state index is 11.3. The molecule has 1 aromatic rings. The number of ether oxygens (including phenoxy) is 2. The average Bonchev–Trinajstić information content (AvgIpc) is 2.31. The first-order valence-corrected chi connectivity index (χ1v) is 5.88. The number of rotatable bonds is 5. The molecule has 0 radical (unpaired) electrons. The van der Waals surface area contributed by atoms with Crippen molar-refractivity contribution < 1.29 is 14.3 Å². The number of esters is 1. The minimum atomic E-state index is -0.159. The predicted molar refractivity (Wildman–Crippen MR) is 67.4 cm³/mol. The molecule has 0 amide bonds. The lowest BCUT2D eigenvalue weighted by Gasteiger charge is -2.13. The summed E-state index contributed by atoms with van der Waals surface area (Å²) in [5, 5.41) is 0. The summed E-state index contributed by atoms with van der Waals surface area (Å²) >= 11 is 0. The van der Waals surface area contributed by atoms with Crippen LogP contribution >= 0.6 is 0 Å². The molecule has 0 saturated heterocycles. The zero-order chi connectivity index (χ0) is 12.8. The summed E-state index contributed by atoms with van der Waals surface area (Å²) in [7, 11) is 1.66. The summed E-state index contributed by atoms with van der Waals surface area (Å²) in [6.45, 7) is 6.33. The lowest BCUT2D eigenvalue weighted by atomic mass is 10.0. The van der Waals surface area contributed by atoms with Crippen molar-refractivity contribution in [3.8, 4) is 5.75 Å². The Morgan fingerprint density at radius 2 is 2.00 bits per heavy atom. The number of benzene rings is 1. The van der Waals surface area contributed by atoms with Crippen molar-refractivity contribution in [2.75, 3.05) is 13.7 Å². The standard InChI is InChI=1S/C14H20O3/c1-5-17-13(15)9-8-12-7-6-10(2)11(3)14(12)16-4/h6-7H,5,8-9H2,1-4H3. The van der Waals surface area contributed by atoms with Gasteiger partial charge in [0.2, 0.25) is 0 Å². The van der Waals surface area contributed by atoms with Crippen molar-refractivity contribution in [1.82, 2.24) is 0 Å². The van der Waals surface area contributed by atoms with E-state index in [1.54, 1.807) is 7.11 Å². The molecule has 0 aliphatic carbocycles. The van der Waals surface area contributed by atoms with Crippen molar-refractivity contribution in [3.63, 3.8) is 0 Å². The van der Waals surface area contributed by atoms with Crippen LogP contribution in [0.1, 0.15) is 30.0 Å². The van der Waals surface area contributed by atoms with Crippen molar-refractivity contribution >= 4 is 5.97 Å². The van der Waals surface area contributed by atoms with E-state index >= 15 is 0 Å². The van der Waals surface area contributed by atoms with Gasteiger partial charge >= 0.3 is 5.97 Å². The second kappa shape index (κ2) is 6.28. The SMILES string of the molecule is CCOC(=O)CCc1ccc(C)c(C)c1OC. The van der Waals surface area contributed by atoms with Crippen LogP contribution in [-0.2, 0) is 16.0 Å². The van der Waals surface area contributed by atoms with E-state index in [9.17, 15) is 4.79 Å². The van der Waals surface area contributed by atoms with Crippen LogP contribution in [0.4, 0.5) is 0 Å². The quantitative estimate of drug-likeness (QED) is 0.737. The van der Waals surface area contributed by atoms with Crippen molar-refractivity contribution in [2.24, 2.45) is 0 Å². The zero-order valence-corrected chi connectivity index (χ0v) is 11.0. The molecule has 0 atom stereocenters. The molecule has 0 spiro atoms. The van der Waals surface area contributed by atoms with Gasteiger partial charge in [-0.2, -0.15) is 0 Å². The Labute approximate surface area is 103 Å². The molecule has 0 fully saturated rings. The van der Waals surface area contributed by atoms with Crippen LogP contribution in [0.15, 0.2) is 12.1 Å². The molecule has 0 unspecified atom stereocenters. The van der Waals surface area contributed by atoms with E-state index in [4.69, 9.17) is 9.47 Å². The highest BCUT2D eigenvalue weighted by Crippen LogP contribution is 2.27. The average molecular weight is 236 g/mol. The maximum Gasteiger partial charge on any atom is 0.306 e. The molecule has 94 valence electrons. The highest BCUT2D eigenvalue weighted by molar-refractivity contribution is 5.70. The molecule has 1 aromatic carbocycles. The minimum absolute atomic E-state index is 0.159. The van der Waals surface area contributed by atoms with E-state index in [-0.39, 0.29) is 5.97 Å². The van der Waals surface area contributed by atoms with Gasteiger partial charge in [0.15, 0.2) is 0 Å². The molecule has 3 nitrogen and oxygen atoms in total. The van der Waals surface area contributed by atoms with Gasteiger partial charge in [0.05, 0.1) is 13.7 Å². The van der Waals surface area contributed by atoms with Crippen LogP contribution < -0.4 is 4.74 Å². The molecular weight excluding hydrogens is 216 g/mol. The summed E-state index contributed by atoms with van der Waals surface area (Å²) in [5.41, 5.74) is 3.39. The van der Waals surface area contributed by atoms with E-state index in [0.717, 1.165) is 16.9 Å². The van der Waals surface area contributed by atoms with Crippen molar-refractivity contribution in [1.29, 1.82) is 0 Å². The normalized spacial score (nSPS) is 10.1. The fourth-order valence-electron chi connectivity index (χ4n) is 1.80. The van der Waals surface area contributed by atoms with Crippen LogP contribution in [0.5, 0.6) is 5.75 Å². The van der Waals surface area contributed by atoms with Gasteiger partial charge in [0.25, 0.3) is 0 Å². The smallest absolute Gasteiger partial charge is 0.306 e. The molecule has 0 aromatic heterocycles. The van der Waals surface area contributed by atoms with E-state index in [0.29, 0.717) is 19.4 Å². The van der Waals surface area contributed by atoms with E-state index < -0.39 is 0 Å². The third kappa shape index (κ3) is 3.48. The van der Waals surface area contributed by atoms with Gasteiger partial charge in [-0.25, -0.2) is 0 Å². The number of hydrogen-bond acceptors (Lipinski definition) is 3. The monoisotopic (exact) mass is 236 g/mol. The molecule has 0 saturated carbocycles. The number of methoxy groups -OCH3 is 1. The van der Waals surface area contributed by atoms with Crippen LogP contribution in [-0.4, -0.2) is 19.7 Å². The predicted octanol–water partition coefficient (Wildman–Crippen LogP) is 2.81. The van der Waals surface area contributed by atoms with Gasteiger partial charge in [-0.3, -0.25) is 4.79 Å². The van der Waals surface area contributed by atoms with Gasteiger partial charge in [0.1, 0.15) is 5.75 Å². The third-order valence-electron chi connectivity index (χ3n) is 2.87. The van der Waals surface area contributed by atoms with Crippen LogP contribution in [0.2, 0.25) is 0 Å². The van der Waals surface area contributed by atoms with Crippen LogP contribution in [0, 0.1) is 13.8 Å². The third-order valence-corrected chi connectivity index (χ3v) is 2.87. The number of hydrogen-bond donors (Lipinski definition) is 0. The number of carbonyl (C=O) groups is 1. The van der Waals surface area contributed by atoms with Gasteiger partial charge in [0, 0.05) is 6.42 Å². The van der Waals surface area contributed by atoms with E-state index in [1.165, 1.54) is 5.56 Å². The van der Waals surface area contributed by atoms with Gasteiger partial charge in [-0.15, -0.1) is 0 Å². The lowest BCUT2D eigenvalue weighted by molar-refractivity contribution is -0.143. The lowest BCUT2D eigenvalue weighted by Crippen LogP contribution is -2.06. The minimum Gasteiger partial charge on any atom is -0.496 e. The molecule has 17 heavy (non-hydrogen) atoms. The molecule has 0 bridgehead atoms. The Balaban J connectivity index is 2.77. The molecular formula is C14H20O3. The largest absolute Gasteiger partial charge is 0.496 e. The maximum atomic E-state index is 11.3. The van der Waals surface area contributed by atoms with E-state index in [1.807, 2.05) is 26.8 Å². The Bertz CT molecular complexity index is 397. The zero-order valence-electron chi connectivity index (χ0n) is 11.0. The summed E-state index contributed by atoms with van der Waals surface area (Å²) in [4.78, 5) is 11.3. The van der Waals surface area contributed by atoms with Gasteiger partial charge < -0.3 is 9.47 Å². The molecule has 1 rings (SSSR count). The first-order chi connectivity index (χ1) is 8.10. The van der Waals surface area contributed by atoms with Gasteiger partial charge in [-0.1, -0.05) is 12.1 Å². The first kappa shape index (κ1) is 13.6. The molecule has 0 aliphatic heterocycles. The van der Waals surface area contributed by atoms with Crippen LogP contribution in [0.3, 0.4) is 0 Å². The second-order valence-electron chi connectivity index (χ2n) is 4.00. The van der Waals surface area contributed by atoms with Crippen molar-refractivity contribution in [2.45, 2.75) is 33.6 Å². The molecule has 0 aliphatic rings. The molecule has 0 heterocycles. The highest BCUT2D eigenvalue weighted by Gasteiger charge is 2.10. The fraction of sp³-hybridized carbons (Fsp3) is 0.500. The summed E-state index contributed by atoms with van der Waals surface area (Å²) in [6, 6.07) is 4.07. The Morgan fingerprint density at radius 3 is 2.59 bits per heavy atom. The highest BCUT2D eigenvalue weighted by atomic mass is 16.5. The van der Waals surface area contributed by atoms with Crippen LogP contribution in [0.25, 0.3) is 0 Å². The molecule has 3 heteroatoms. The topological polar surface area (TPSA) is 35.5 Å². The Morgan fingerprint density at radius 1 is 1.29 bits per heavy atom. The number of carbonyl (C=O) groups excluding carboxylic acids is 1.